The molecule has 1 rings (SSSR count). The Kier molecular flexibility index (Phi) is 7.57. The zero-order valence-corrected chi connectivity index (χ0v) is 14.1. The van der Waals surface area contributed by atoms with E-state index in [1.54, 1.807) is 0 Å². The van der Waals surface area contributed by atoms with Crippen LogP contribution in [-0.4, -0.2) is 29.1 Å². The van der Waals surface area contributed by atoms with Gasteiger partial charge in [-0.2, -0.15) is 0 Å². The molecule has 0 spiro atoms. The number of carbonyl (C=O) groups excluding carboxylic acids is 1. The molecule has 0 bridgehead atoms. The summed E-state index contributed by atoms with van der Waals surface area (Å²) >= 11 is 0. The first-order valence-corrected chi connectivity index (χ1v) is 8.64. The fourth-order valence-corrected chi connectivity index (χ4v) is 3.28. The van der Waals surface area contributed by atoms with Crippen molar-refractivity contribution in [1.29, 1.82) is 0 Å². The van der Waals surface area contributed by atoms with E-state index in [-0.39, 0.29) is 12.2 Å². The molecule has 1 aliphatic rings. The van der Waals surface area contributed by atoms with E-state index in [2.05, 4.69) is 44.8 Å². The van der Waals surface area contributed by atoms with Gasteiger partial charge < -0.3 is 4.90 Å². The molecule has 0 aromatic heterocycles. The highest BCUT2D eigenvalue weighted by atomic mass is 16.2. The van der Waals surface area contributed by atoms with E-state index in [0.717, 1.165) is 32.1 Å². The molecule has 1 aliphatic heterocycles. The number of rotatable bonds is 9. The Balaban J connectivity index is 2.85. The normalized spacial score (nSPS) is 24.7. The van der Waals surface area contributed by atoms with E-state index in [0.29, 0.717) is 17.9 Å². The highest BCUT2D eigenvalue weighted by Crippen LogP contribution is 2.26. The van der Waals surface area contributed by atoms with Gasteiger partial charge in [-0.1, -0.05) is 60.3 Å². The number of nitrogens with zero attached hydrogens (tertiary/aromatic N) is 1. The van der Waals surface area contributed by atoms with E-state index < -0.39 is 0 Å². The molecule has 0 saturated carbocycles. The summed E-state index contributed by atoms with van der Waals surface area (Å²) in [5.41, 5.74) is 0. The molecule has 0 aromatic carbocycles. The van der Waals surface area contributed by atoms with Gasteiger partial charge in [0.25, 0.3) is 0 Å². The van der Waals surface area contributed by atoms with Crippen LogP contribution in [0.2, 0.25) is 0 Å². The summed E-state index contributed by atoms with van der Waals surface area (Å²) < 4.78 is 0. The van der Waals surface area contributed by atoms with Crippen molar-refractivity contribution in [1.82, 2.24) is 10.2 Å². The van der Waals surface area contributed by atoms with Crippen molar-refractivity contribution in [3.8, 4) is 0 Å². The zero-order valence-electron chi connectivity index (χ0n) is 14.1. The molecular formula is C17H34N2O. The lowest BCUT2D eigenvalue weighted by atomic mass is 10.0. The van der Waals surface area contributed by atoms with Gasteiger partial charge in [0.1, 0.15) is 0 Å². The topological polar surface area (TPSA) is 32.3 Å². The van der Waals surface area contributed by atoms with Crippen molar-refractivity contribution < 1.29 is 4.79 Å². The van der Waals surface area contributed by atoms with Crippen molar-refractivity contribution in [3.63, 3.8) is 0 Å². The first kappa shape index (κ1) is 17.5. The van der Waals surface area contributed by atoms with Gasteiger partial charge in [-0.15, -0.1) is 0 Å². The largest absolute Gasteiger partial charge is 0.323 e. The maximum Gasteiger partial charge on any atom is 0.241 e. The van der Waals surface area contributed by atoms with Crippen LogP contribution in [0.4, 0.5) is 0 Å². The van der Waals surface area contributed by atoms with Gasteiger partial charge in [-0.25, -0.2) is 0 Å². The Labute approximate surface area is 125 Å². The maximum atomic E-state index is 12.8. The van der Waals surface area contributed by atoms with Gasteiger partial charge in [-0.05, 0) is 25.2 Å². The van der Waals surface area contributed by atoms with Crippen molar-refractivity contribution in [2.24, 2.45) is 5.92 Å². The van der Waals surface area contributed by atoms with Crippen molar-refractivity contribution in [3.05, 3.63) is 0 Å². The lowest BCUT2D eigenvalue weighted by molar-refractivity contribution is -0.133. The molecule has 1 fully saturated rings. The molecular weight excluding hydrogens is 248 g/mol. The van der Waals surface area contributed by atoms with Gasteiger partial charge in [0.2, 0.25) is 5.91 Å². The van der Waals surface area contributed by atoms with Crippen LogP contribution in [0.15, 0.2) is 0 Å². The van der Waals surface area contributed by atoms with Crippen molar-refractivity contribution >= 4 is 5.91 Å². The van der Waals surface area contributed by atoms with Crippen LogP contribution >= 0.6 is 0 Å². The third-order valence-corrected chi connectivity index (χ3v) is 4.36. The molecule has 1 N–H and O–H groups in total. The Morgan fingerprint density at radius 1 is 1.10 bits per heavy atom. The second-order valence-electron chi connectivity index (χ2n) is 6.52. The number of hydrogen-bond acceptors (Lipinski definition) is 2. The van der Waals surface area contributed by atoms with E-state index in [9.17, 15) is 4.79 Å². The lowest BCUT2D eigenvalue weighted by Gasteiger charge is -2.33. The van der Waals surface area contributed by atoms with E-state index >= 15 is 0 Å². The monoisotopic (exact) mass is 282 g/mol. The minimum Gasteiger partial charge on any atom is -0.323 e. The van der Waals surface area contributed by atoms with Crippen LogP contribution in [-0.2, 0) is 4.79 Å². The maximum absolute atomic E-state index is 12.8. The third-order valence-electron chi connectivity index (χ3n) is 4.36. The van der Waals surface area contributed by atoms with E-state index in [1.165, 1.54) is 12.8 Å². The molecule has 0 aliphatic carbocycles. The van der Waals surface area contributed by atoms with Crippen LogP contribution in [0.5, 0.6) is 0 Å². The number of nitrogens with one attached hydrogen (secondary N) is 1. The minimum absolute atomic E-state index is 0.0209. The van der Waals surface area contributed by atoms with E-state index in [4.69, 9.17) is 0 Å². The lowest BCUT2D eigenvalue weighted by Crippen LogP contribution is -2.44. The summed E-state index contributed by atoms with van der Waals surface area (Å²) in [6.45, 7) is 10.9. The summed E-state index contributed by atoms with van der Waals surface area (Å²) in [6, 6.07) is 0.452. The standard InChI is InChI=1S/C17H34N2O/c1-6-9-12-14(10-7-2)19-15(11-8-3)18-16(13(4)5)17(19)20/h13-16,18H,6-12H2,1-5H3. The molecule has 0 radical (unpaired) electrons. The quantitative estimate of drug-likeness (QED) is 0.695. The predicted molar refractivity (Wildman–Crippen MR) is 85.5 cm³/mol. The van der Waals surface area contributed by atoms with Crippen molar-refractivity contribution in [2.45, 2.75) is 97.8 Å². The first-order chi connectivity index (χ1) is 9.56. The van der Waals surface area contributed by atoms with Gasteiger partial charge in [0, 0.05) is 6.04 Å². The summed E-state index contributed by atoms with van der Waals surface area (Å²) in [5.74, 6) is 0.716. The summed E-state index contributed by atoms with van der Waals surface area (Å²) in [7, 11) is 0. The third kappa shape index (κ3) is 4.21. The average molecular weight is 282 g/mol. The number of hydrogen-bond donors (Lipinski definition) is 1. The average Bonchev–Trinajstić information content (AvgIpc) is 2.72. The first-order valence-electron chi connectivity index (χ1n) is 8.64. The Morgan fingerprint density at radius 2 is 1.80 bits per heavy atom. The zero-order chi connectivity index (χ0) is 15.1. The Bertz CT molecular complexity index is 291. The molecule has 0 aromatic rings. The smallest absolute Gasteiger partial charge is 0.241 e. The highest BCUT2D eigenvalue weighted by Gasteiger charge is 2.42. The number of unbranched alkanes of at least 4 members (excludes halogenated alkanes) is 1. The fourth-order valence-electron chi connectivity index (χ4n) is 3.28. The second kappa shape index (κ2) is 8.66. The van der Waals surface area contributed by atoms with Crippen LogP contribution in [0.25, 0.3) is 0 Å². The minimum atomic E-state index is 0.0209. The second-order valence-corrected chi connectivity index (χ2v) is 6.52. The summed E-state index contributed by atoms with van der Waals surface area (Å²) in [6.07, 6.45) is 8.33. The van der Waals surface area contributed by atoms with Crippen LogP contribution in [0.3, 0.4) is 0 Å². The van der Waals surface area contributed by atoms with Crippen LogP contribution in [0.1, 0.15) is 79.6 Å². The molecule has 1 heterocycles. The van der Waals surface area contributed by atoms with Crippen molar-refractivity contribution in [2.75, 3.05) is 0 Å². The molecule has 118 valence electrons. The Morgan fingerprint density at radius 3 is 2.30 bits per heavy atom. The molecule has 3 heteroatoms. The number of amides is 1. The van der Waals surface area contributed by atoms with Gasteiger partial charge in [0.05, 0.1) is 12.2 Å². The highest BCUT2D eigenvalue weighted by molar-refractivity contribution is 5.85. The van der Waals surface area contributed by atoms with Gasteiger partial charge in [0.15, 0.2) is 0 Å². The fraction of sp³-hybridized carbons (Fsp3) is 0.941. The van der Waals surface area contributed by atoms with E-state index in [1.807, 2.05) is 0 Å². The van der Waals surface area contributed by atoms with Crippen LogP contribution < -0.4 is 5.32 Å². The molecule has 3 atom stereocenters. The molecule has 3 unspecified atom stereocenters. The predicted octanol–water partition coefficient (Wildman–Crippen LogP) is 3.93. The SMILES string of the molecule is CCCCC(CCC)N1C(=O)C(C(C)C)NC1CCC. The summed E-state index contributed by atoms with van der Waals surface area (Å²) in [4.78, 5) is 15.0. The number of carbonyl (C=O) groups is 1. The molecule has 20 heavy (non-hydrogen) atoms. The molecule has 1 amide bonds. The van der Waals surface area contributed by atoms with Gasteiger partial charge in [-0.3, -0.25) is 10.1 Å². The Hall–Kier alpha value is -0.570. The van der Waals surface area contributed by atoms with Crippen LogP contribution in [0, 0.1) is 5.92 Å². The van der Waals surface area contributed by atoms with Gasteiger partial charge >= 0.3 is 0 Å². The molecule has 3 nitrogen and oxygen atoms in total. The molecule has 1 saturated heterocycles. The summed E-state index contributed by atoms with van der Waals surface area (Å²) in [5, 5.41) is 3.58.